The van der Waals surface area contributed by atoms with Crippen LogP contribution in [0.15, 0.2) is 82.3 Å². The predicted molar refractivity (Wildman–Crippen MR) is 141 cm³/mol. The molecular weight excluding hydrogens is 514 g/mol. The van der Waals surface area contributed by atoms with E-state index >= 15 is 0 Å². The largest absolute Gasteiger partial charge is 0.467 e. The molecule has 8 nitrogen and oxygen atoms in total. The summed E-state index contributed by atoms with van der Waals surface area (Å²) in [6, 6.07) is 19.2. The Morgan fingerprint density at radius 3 is 2.35 bits per heavy atom. The second kappa shape index (κ2) is 13.2. The van der Waals surface area contributed by atoms with Crippen LogP contribution in [-0.2, 0) is 32.6 Å². The van der Waals surface area contributed by atoms with E-state index in [1.165, 1.54) is 16.4 Å². The van der Waals surface area contributed by atoms with Crippen LogP contribution in [0.3, 0.4) is 0 Å². The fourth-order valence-electron chi connectivity index (χ4n) is 4.21. The maximum absolute atomic E-state index is 13.6. The van der Waals surface area contributed by atoms with E-state index in [0.29, 0.717) is 37.0 Å². The van der Waals surface area contributed by atoms with Crippen LogP contribution in [0.5, 0.6) is 0 Å². The molecule has 2 aromatic carbocycles. The molecule has 3 aromatic rings. The SMILES string of the molecule is O=C(CN(CCCN1CCOCC1)S(=O)(=O)c1ccc(Cl)cc1)N(Cc1ccccc1)Cc1ccco1. The number of nitrogens with zero attached hydrogens (tertiary/aromatic N) is 3. The number of hydrogen-bond acceptors (Lipinski definition) is 6. The maximum atomic E-state index is 13.6. The molecule has 0 spiro atoms. The van der Waals surface area contributed by atoms with E-state index in [2.05, 4.69) is 4.90 Å². The van der Waals surface area contributed by atoms with Crippen LogP contribution >= 0.6 is 11.6 Å². The van der Waals surface area contributed by atoms with Crippen molar-refractivity contribution >= 4 is 27.5 Å². The Balaban J connectivity index is 1.53. The molecule has 0 saturated carbocycles. The third-order valence-electron chi connectivity index (χ3n) is 6.24. The summed E-state index contributed by atoms with van der Waals surface area (Å²) in [5, 5.41) is 0.446. The summed E-state index contributed by atoms with van der Waals surface area (Å²) in [6.45, 7) is 4.22. The number of halogens is 1. The maximum Gasteiger partial charge on any atom is 0.243 e. The number of morpholine rings is 1. The minimum atomic E-state index is -3.92. The van der Waals surface area contributed by atoms with Gasteiger partial charge in [0.15, 0.2) is 0 Å². The lowest BCUT2D eigenvalue weighted by molar-refractivity contribution is -0.133. The van der Waals surface area contributed by atoms with Crippen LogP contribution in [0.2, 0.25) is 5.02 Å². The number of ether oxygens (including phenoxy) is 1. The van der Waals surface area contributed by atoms with Gasteiger partial charge in [0.2, 0.25) is 15.9 Å². The molecule has 10 heteroatoms. The lowest BCUT2D eigenvalue weighted by atomic mass is 10.2. The molecule has 1 saturated heterocycles. The van der Waals surface area contributed by atoms with Gasteiger partial charge in [-0.2, -0.15) is 4.31 Å². The first-order chi connectivity index (χ1) is 17.9. The van der Waals surface area contributed by atoms with Gasteiger partial charge < -0.3 is 14.1 Å². The van der Waals surface area contributed by atoms with Gasteiger partial charge in [0.25, 0.3) is 0 Å². The number of benzene rings is 2. The van der Waals surface area contributed by atoms with Crippen LogP contribution in [-0.4, -0.2) is 74.4 Å². The molecule has 1 fully saturated rings. The van der Waals surface area contributed by atoms with Gasteiger partial charge in [0.05, 0.1) is 37.5 Å². The number of amides is 1. The molecular formula is C27H32ClN3O5S. The van der Waals surface area contributed by atoms with Gasteiger partial charge in [0.1, 0.15) is 5.76 Å². The van der Waals surface area contributed by atoms with Crippen molar-refractivity contribution in [3.8, 4) is 0 Å². The van der Waals surface area contributed by atoms with E-state index in [1.807, 2.05) is 30.3 Å². The summed E-state index contributed by atoms with van der Waals surface area (Å²) < 4.78 is 39.4. The summed E-state index contributed by atoms with van der Waals surface area (Å²) in [5.74, 6) is 0.327. The smallest absolute Gasteiger partial charge is 0.243 e. The van der Waals surface area contributed by atoms with Gasteiger partial charge in [-0.05, 0) is 54.9 Å². The Morgan fingerprint density at radius 1 is 0.946 bits per heavy atom. The summed E-state index contributed by atoms with van der Waals surface area (Å²) in [5.41, 5.74) is 0.946. The van der Waals surface area contributed by atoms with E-state index < -0.39 is 10.0 Å². The van der Waals surface area contributed by atoms with E-state index in [4.69, 9.17) is 20.8 Å². The molecule has 1 amide bonds. The third kappa shape index (κ3) is 7.90. The lowest BCUT2D eigenvalue weighted by Crippen LogP contribution is -2.44. The molecule has 0 radical (unpaired) electrons. The second-order valence-electron chi connectivity index (χ2n) is 8.91. The molecule has 37 heavy (non-hydrogen) atoms. The monoisotopic (exact) mass is 545 g/mol. The first-order valence-electron chi connectivity index (χ1n) is 12.3. The van der Waals surface area contributed by atoms with Crippen LogP contribution in [0.25, 0.3) is 0 Å². The Kier molecular flexibility index (Phi) is 9.76. The van der Waals surface area contributed by atoms with Crippen molar-refractivity contribution in [2.75, 3.05) is 45.9 Å². The fourth-order valence-corrected chi connectivity index (χ4v) is 5.77. The van der Waals surface area contributed by atoms with Crippen LogP contribution in [0.1, 0.15) is 17.7 Å². The Morgan fingerprint density at radius 2 is 1.68 bits per heavy atom. The van der Waals surface area contributed by atoms with E-state index in [0.717, 1.165) is 25.2 Å². The highest BCUT2D eigenvalue weighted by Crippen LogP contribution is 2.20. The molecule has 0 unspecified atom stereocenters. The zero-order chi connectivity index (χ0) is 26.1. The molecule has 1 aromatic heterocycles. The van der Waals surface area contributed by atoms with E-state index in [-0.39, 0.29) is 30.4 Å². The third-order valence-corrected chi connectivity index (χ3v) is 8.36. The zero-order valence-corrected chi connectivity index (χ0v) is 22.2. The molecule has 0 bridgehead atoms. The van der Waals surface area contributed by atoms with Crippen molar-refractivity contribution in [1.82, 2.24) is 14.1 Å². The highest BCUT2D eigenvalue weighted by atomic mass is 35.5. The Hall–Kier alpha value is -2.69. The van der Waals surface area contributed by atoms with Gasteiger partial charge in [-0.3, -0.25) is 9.69 Å². The number of carbonyl (C=O) groups is 1. The fraction of sp³-hybridized carbons (Fsp3) is 0.370. The van der Waals surface area contributed by atoms with Crippen LogP contribution in [0, 0.1) is 0 Å². The van der Waals surface area contributed by atoms with Crippen molar-refractivity contribution < 1.29 is 22.4 Å². The molecule has 4 rings (SSSR count). The van der Waals surface area contributed by atoms with Gasteiger partial charge in [-0.25, -0.2) is 8.42 Å². The molecule has 198 valence electrons. The van der Waals surface area contributed by atoms with Gasteiger partial charge >= 0.3 is 0 Å². The topological polar surface area (TPSA) is 83.3 Å². The molecule has 0 atom stereocenters. The number of sulfonamides is 1. The van der Waals surface area contributed by atoms with Crippen LogP contribution in [0.4, 0.5) is 0 Å². The zero-order valence-electron chi connectivity index (χ0n) is 20.7. The highest BCUT2D eigenvalue weighted by Gasteiger charge is 2.29. The summed E-state index contributed by atoms with van der Waals surface area (Å²) >= 11 is 5.99. The highest BCUT2D eigenvalue weighted by molar-refractivity contribution is 7.89. The van der Waals surface area contributed by atoms with Crippen molar-refractivity contribution in [3.63, 3.8) is 0 Å². The van der Waals surface area contributed by atoms with Crippen LogP contribution < -0.4 is 0 Å². The normalized spacial score (nSPS) is 14.6. The Labute approximate surface area is 223 Å². The van der Waals surface area contributed by atoms with Crippen molar-refractivity contribution in [2.24, 2.45) is 0 Å². The van der Waals surface area contributed by atoms with E-state index in [1.54, 1.807) is 35.4 Å². The minimum absolute atomic E-state index is 0.108. The predicted octanol–water partition coefficient (Wildman–Crippen LogP) is 3.88. The number of rotatable bonds is 12. The van der Waals surface area contributed by atoms with Gasteiger partial charge in [0, 0.05) is 31.2 Å². The molecule has 0 aliphatic carbocycles. The average Bonchev–Trinajstić information content (AvgIpc) is 3.42. The lowest BCUT2D eigenvalue weighted by Gasteiger charge is -2.29. The van der Waals surface area contributed by atoms with E-state index in [9.17, 15) is 13.2 Å². The molecule has 0 N–H and O–H groups in total. The van der Waals surface area contributed by atoms with Gasteiger partial charge in [-0.1, -0.05) is 41.9 Å². The number of furan rings is 1. The Bertz CT molecular complexity index is 1210. The van der Waals surface area contributed by atoms with Gasteiger partial charge in [-0.15, -0.1) is 0 Å². The molecule has 1 aliphatic rings. The second-order valence-corrected chi connectivity index (χ2v) is 11.3. The summed E-state index contributed by atoms with van der Waals surface area (Å²) in [6.07, 6.45) is 2.15. The van der Waals surface area contributed by atoms with Crippen molar-refractivity contribution in [2.45, 2.75) is 24.4 Å². The number of carbonyl (C=O) groups excluding carboxylic acids is 1. The summed E-state index contributed by atoms with van der Waals surface area (Å²) in [4.78, 5) is 17.6. The van der Waals surface area contributed by atoms with Crippen molar-refractivity contribution in [1.29, 1.82) is 0 Å². The first-order valence-corrected chi connectivity index (χ1v) is 14.1. The summed E-state index contributed by atoms with van der Waals surface area (Å²) in [7, 11) is -3.92. The minimum Gasteiger partial charge on any atom is -0.467 e. The molecule has 2 heterocycles. The number of hydrogen-bond donors (Lipinski definition) is 0. The first kappa shape index (κ1) is 27.3. The molecule has 1 aliphatic heterocycles. The standard InChI is InChI=1S/C27H32ClN3O5S/c28-24-9-11-26(12-10-24)37(33,34)31(14-5-13-29-15-18-35-19-16-29)22-27(32)30(21-25-8-4-17-36-25)20-23-6-2-1-3-7-23/h1-4,6-12,17H,5,13-16,18-22H2. The average molecular weight is 546 g/mol. The quantitative estimate of drug-likeness (QED) is 0.343. The van der Waals surface area contributed by atoms with Crippen molar-refractivity contribution in [3.05, 3.63) is 89.3 Å².